The van der Waals surface area contributed by atoms with E-state index in [4.69, 9.17) is 4.99 Å². The van der Waals surface area contributed by atoms with Gasteiger partial charge in [0.1, 0.15) is 0 Å². The number of aliphatic imine (C=N–C) groups is 1. The van der Waals surface area contributed by atoms with Gasteiger partial charge in [0.25, 0.3) is 0 Å². The Balaban J connectivity index is 1.94. The van der Waals surface area contributed by atoms with Gasteiger partial charge in [-0.15, -0.1) is 11.8 Å². The van der Waals surface area contributed by atoms with Crippen LogP contribution in [0.15, 0.2) is 59.6 Å². The zero-order chi connectivity index (χ0) is 16.2. The van der Waals surface area contributed by atoms with Crippen molar-refractivity contribution in [1.29, 1.82) is 0 Å². The first-order valence-corrected chi connectivity index (χ1v) is 8.77. The number of nitrogens with one attached hydrogen (secondary N) is 1. The average Bonchev–Trinajstić information content (AvgIpc) is 2.71. The van der Waals surface area contributed by atoms with Crippen molar-refractivity contribution in [1.82, 2.24) is 0 Å². The maximum Gasteiger partial charge on any atom is 0.326 e. The Morgan fingerprint density at radius 3 is 2.61 bits per heavy atom. The number of para-hydroxylation sites is 3. The molecule has 1 N–H and O–H groups in total. The van der Waals surface area contributed by atoms with Crippen molar-refractivity contribution in [3.05, 3.63) is 54.6 Å². The van der Waals surface area contributed by atoms with Crippen LogP contribution in [0.25, 0.3) is 0 Å². The fourth-order valence-corrected chi connectivity index (χ4v) is 3.27. The highest BCUT2D eigenvalue weighted by Crippen LogP contribution is 2.35. The van der Waals surface area contributed by atoms with E-state index in [-0.39, 0.29) is 12.1 Å². The van der Waals surface area contributed by atoms with Crippen LogP contribution in [0.3, 0.4) is 0 Å². The number of carbonyl (C=O) groups excluding carboxylic acids is 1. The summed E-state index contributed by atoms with van der Waals surface area (Å²) in [6.45, 7) is 2.05. The first kappa shape index (κ1) is 15.6. The average molecular weight is 325 g/mol. The summed E-state index contributed by atoms with van der Waals surface area (Å²) in [5.74, 6) is 0. The number of thioether (sulfide) groups is 1. The summed E-state index contributed by atoms with van der Waals surface area (Å²) in [6.07, 6.45) is 2.77. The molecular weight excluding hydrogens is 306 g/mol. The molecule has 1 unspecified atom stereocenters. The van der Waals surface area contributed by atoms with Gasteiger partial charge in [0.05, 0.1) is 16.4 Å². The van der Waals surface area contributed by atoms with Gasteiger partial charge in [0.15, 0.2) is 0 Å². The highest BCUT2D eigenvalue weighted by Gasteiger charge is 2.27. The second-order valence-electron chi connectivity index (χ2n) is 5.42. The number of fused-ring (bicyclic) bond motifs is 1. The van der Waals surface area contributed by atoms with Gasteiger partial charge in [0.2, 0.25) is 0 Å². The molecule has 4 nitrogen and oxygen atoms in total. The summed E-state index contributed by atoms with van der Waals surface area (Å²) >= 11 is 1.64. The van der Waals surface area contributed by atoms with Crippen molar-refractivity contribution < 1.29 is 4.79 Å². The van der Waals surface area contributed by atoms with Gasteiger partial charge in [0, 0.05) is 18.2 Å². The lowest BCUT2D eigenvalue weighted by atomic mass is 10.2. The molecule has 2 aromatic carbocycles. The van der Waals surface area contributed by atoms with Gasteiger partial charge in [-0.25, -0.2) is 9.79 Å². The lowest BCUT2D eigenvalue weighted by Gasteiger charge is -2.28. The molecule has 2 aromatic rings. The monoisotopic (exact) mass is 325 g/mol. The van der Waals surface area contributed by atoms with Crippen LogP contribution < -0.4 is 10.2 Å². The lowest BCUT2D eigenvalue weighted by Crippen LogP contribution is -2.41. The third kappa shape index (κ3) is 3.40. The summed E-state index contributed by atoms with van der Waals surface area (Å²) < 4.78 is 0. The van der Waals surface area contributed by atoms with Crippen LogP contribution in [0.5, 0.6) is 0 Å². The van der Waals surface area contributed by atoms with E-state index >= 15 is 0 Å². The molecule has 0 radical (unpaired) electrons. The summed E-state index contributed by atoms with van der Waals surface area (Å²) in [6, 6.07) is 17.2. The van der Waals surface area contributed by atoms with E-state index in [1.54, 1.807) is 16.7 Å². The quantitative estimate of drug-likeness (QED) is 0.809. The van der Waals surface area contributed by atoms with Crippen molar-refractivity contribution in [3.63, 3.8) is 0 Å². The van der Waals surface area contributed by atoms with Gasteiger partial charge in [-0.3, -0.25) is 4.90 Å². The molecule has 1 heterocycles. The molecule has 0 aliphatic carbocycles. The van der Waals surface area contributed by atoms with Gasteiger partial charge in [-0.2, -0.15) is 0 Å². The van der Waals surface area contributed by atoms with Gasteiger partial charge in [-0.05, 0) is 37.4 Å². The third-order valence-electron chi connectivity index (χ3n) is 3.78. The predicted octanol–water partition coefficient (Wildman–Crippen LogP) is 4.91. The first-order valence-electron chi connectivity index (χ1n) is 7.55. The molecule has 0 spiro atoms. The van der Waals surface area contributed by atoms with Crippen molar-refractivity contribution in [2.24, 2.45) is 4.99 Å². The zero-order valence-corrected chi connectivity index (χ0v) is 14.0. The summed E-state index contributed by atoms with van der Waals surface area (Å²) in [5, 5.41) is 4.01. The van der Waals surface area contributed by atoms with E-state index in [9.17, 15) is 4.79 Å². The topological polar surface area (TPSA) is 44.7 Å². The lowest BCUT2D eigenvalue weighted by molar-refractivity contribution is 0.255. The molecule has 0 aromatic heterocycles. The molecule has 2 amide bonds. The van der Waals surface area contributed by atoms with Crippen LogP contribution in [0.1, 0.15) is 13.3 Å². The molecule has 23 heavy (non-hydrogen) atoms. The fraction of sp³-hybridized carbons (Fsp3) is 0.222. The first-order chi connectivity index (χ1) is 11.2. The van der Waals surface area contributed by atoms with E-state index in [1.807, 2.05) is 60.9 Å². The highest BCUT2D eigenvalue weighted by atomic mass is 32.2. The molecule has 0 bridgehead atoms. The number of nitrogens with zero attached hydrogens (tertiary/aromatic N) is 2. The van der Waals surface area contributed by atoms with Crippen LogP contribution in [0, 0.1) is 0 Å². The van der Waals surface area contributed by atoms with Gasteiger partial charge in [-0.1, -0.05) is 30.3 Å². The Bertz CT molecular complexity index is 730. The van der Waals surface area contributed by atoms with Crippen molar-refractivity contribution in [2.75, 3.05) is 16.5 Å². The molecule has 0 saturated carbocycles. The molecule has 118 valence electrons. The van der Waals surface area contributed by atoms with Crippen LogP contribution in [0.2, 0.25) is 0 Å². The van der Waals surface area contributed by atoms with Crippen LogP contribution in [-0.2, 0) is 0 Å². The molecule has 0 fully saturated rings. The van der Waals surface area contributed by atoms with E-state index in [1.165, 1.54) is 0 Å². The summed E-state index contributed by atoms with van der Waals surface area (Å²) in [5.41, 5.74) is 2.47. The SMILES string of the molecule is CSC1=Nc2ccccc2N(C(=O)Nc2ccccc2)C(C)C1. The minimum atomic E-state index is -0.131. The Kier molecular flexibility index (Phi) is 4.67. The van der Waals surface area contributed by atoms with E-state index < -0.39 is 0 Å². The number of benzene rings is 2. The van der Waals surface area contributed by atoms with Crippen LogP contribution in [-0.4, -0.2) is 23.4 Å². The molecule has 1 aliphatic heterocycles. The normalized spacial score (nSPS) is 17.0. The van der Waals surface area contributed by atoms with Gasteiger partial charge >= 0.3 is 6.03 Å². The molecule has 5 heteroatoms. The number of anilines is 2. The van der Waals surface area contributed by atoms with E-state index in [0.29, 0.717) is 0 Å². The minimum Gasteiger partial charge on any atom is -0.308 e. The zero-order valence-electron chi connectivity index (χ0n) is 13.2. The highest BCUT2D eigenvalue weighted by molar-refractivity contribution is 8.13. The minimum absolute atomic E-state index is 0.0357. The summed E-state index contributed by atoms with van der Waals surface area (Å²) in [4.78, 5) is 19.4. The van der Waals surface area contributed by atoms with Crippen molar-refractivity contribution >= 4 is 39.9 Å². The third-order valence-corrected chi connectivity index (χ3v) is 4.51. The second-order valence-corrected chi connectivity index (χ2v) is 6.30. The van der Waals surface area contributed by atoms with Crippen LogP contribution >= 0.6 is 11.8 Å². The largest absolute Gasteiger partial charge is 0.326 e. The molecule has 1 aliphatic rings. The number of amides is 2. The number of hydrogen-bond acceptors (Lipinski definition) is 3. The van der Waals surface area contributed by atoms with Crippen molar-refractivity contribution in [3.8, 4) is 0 Å². The van der Waals surface area contributed by atoms with Crippen LogP contribution in [0.4, 0.5) is 21.9 Å². The number of urea groups is 1. The predicted molar refractivity (Wildman–Crippen MR) is 99.1 cm³/mol. The van der Waals surface area contributed by atoms with E-state index in [0.717, 1.165) is 28.5 Å². The fourth-order valence-electron chi connectivity index (χ4n) is 2.67. The molecule has 3 rings (SSSR count). The smallest absolute Gasteiger partial charge is 0.308 e. The molecule has 1 atom stereocenters. The molecular formula is C18H19N3OS. The Morgan fingerprint density at radius 1 is 1.17 bits per heavy atom. The van der Waals surface area contributed by atoms with Crippen molar-refractivity contribution in [2.45, 2.75) is 19.4 Å². The van der Waals surface area contributed by atoms with E-state index in [2.05, 4.69) is 12.2 Å². The number of carbonyl (C=O) groups is 1. The number of hydrogen-bond donors (Lipinski definition) is 1. The van der Waals surface area contributed by atoms with Gasteiger partial charge < -0.3 is 5.32 Å². The molecule has 0 saturated heterocycles. The Hall–Kier alpha value is -2.27. The second kappa shape index (κ2) is 6.87. The summed E-state index contributed by atoms with van der Waals surface area (Å²) in [7, 11) is 0. The Labute approximate surface area is 140 Å². The number of rotatable bonds is 1. The maximum absolute atomic E-state index is 12.8. The standard InChI is InChI=1S/C18H19N3OS/c1-13-12-17(23-2)20-15-10-6-7-11-16(15)21(13)18(22)19-14-8-4-3-5-9-14/h3-11,13H,12H2,1-2H3,(H,19,22). The Morgan fingerprint density at radius 2 is 1.87 bits per heavy atom. The maximum atomic E-state index is 12.8.